The number of hydrogen-bond acceptors (Lipinski definition) is 8. The molecule has 0 bridgehead atoms. The third-order valence-electron chi connectivity index (χ3n) is 7.23. The summed E-state index contributed by atoms with van der Waals surface area (Å²) in [5, 5.41) is 3.24. The maximum atomic E-state index is 13.4. The molecule has 13 heteroatoms. The summed E-state index contributed by atoms with van der Waals surface area (Å²) in [7, 11) is 0. The summed E-state index contributed by atoms with van der Waals surface area (Å²) >= 11 is 6.86. The number of nitrogens with one attached hydrogen (secondary N) is 1. The van der Waals surface area contributed by atoms with Gasteiger partial charge in [-0.05, 0) is 59.1 Å². The minimum Gasteiger partial charge on any atom is -0.444 e. The Morgan fingerprint density at radius 1 is 1.05 bits per heavy atom. The van der Waals surface area contributed by atoms with Crippen molar-refractivity contribution in [1.82, 2.24) is 24.3 Å². The molecule has 230 valence electrons. The normalized spacial score (nSPS) is 17.8. The monoisotopic (exact) mass is 612 g/mol. The third kappa shape index (κ3) is 7.37. The molecule has 2 fully saturated rings. The van der Waals surface area contributed by atoms with Crippen LogP contribution in [0.25, 0.3) is 11.0 Å². The number of nitrogens with zero attached hydrogens (tertiary/aromatic N) is 5. The number of rotatable bonds is 4. The Kier molecular flexibility index (Phi) is 9.07. The van der Waals surface area contributed by atoms with Gasteiger partial charge < -0.3 is 28.6 Å². The lowest BCUT2D eigenvalue weighted by Crippen LogP contribution is -2.42. The molecule has 2 saturated heterocycles. The number of pyridine rings is 1. The number of amides is 3. The van der Waals surface area contributed by atoms with Crippen LogP contribution in [-0.4, -0.2) is 87.4 Å². The molecule has 1 N–H and O–H groups in total. The topological polar surface area (TPSA) is 128 Å². The minimum absolute atomic E-state index is 0.234. The second kappa shape index (κ2) is 12.8. The summed E-state index contributed by atoms with van der Waals surface area (Å²) in [5.41, 5.74) is 1.48. The summed E-state index contributed by atoms with van der Waals surface area (Å²) in [6.07, 6.45) is 3.03. The van der Waals surface area contributed by atoms with Crippen LogP contribution in [0.3, 0.4) is 0 Å². The number of halogens is 1. The molecule has 0 saturated carbocycles. The van der Waals surface area contributed by atoms with Gasteiger partial charge in [0.1, 0.15) is 11.4 Å². The number of hydrogen-bond donors (Lipinski definition) is 1. The van der Waals surface area contributed by atoms with Gasteiger partial charge in [0.25, 0.3) is 5.91 Å². The van der Waals surface area contributed by atoms with E-state index in [2.05, 4.69) is 10.3 Å². The fraction of sp³-hybridized carbons (Fsp3) is 0.500. The minimum atomic E-state index is -0.638. The fourth-order valence-electron chi connectivity index (χ4n) is 5.26. The lowest BCUT2D eigenvalue weighted by atomic mass is 10.1. The van der Waals surface area contributed by atoms with Crippen molar-refractivity contribution in [1.29, 1.82) is 0 Å². The number of imidazole rings is 1. The van der Waals surface area contributed by atoms with Gasteiger partial charge in [-0.3, -0.25) is 15.1 Å². The van der Waals surface area contributed by atoms with E-state index < -0.39 is 17.8 Å². The van der Waals surface area contributed by atoms with E-state index in [0.29, 0.717) is 73.1 Å². The first-order valence-corrected chi connectivity index (χ1v) is 14.8. The molecule has 3 aromatic rings. The quantitative estimate of drug-likeness (QED) is 0.413. The Labute approximate surface area is 255 Å². The highest BCUT2D eigenvalue weighted by Gasteiger charge is 2.31. The zero-order valence-corrected chi connectivity index (χ0v) is 25.6. The Hall–Kier alpha value is -3.90. The first kappa shape index (κ1) is 30.6. The number of ether oxygens (including phenoxy) is 3. The Balaban J connectivity index is 1.52. The molecule has 1 aromatic carbocycles. The summed E-state index contributed by atoms with van der Waals surface area (Å²) in [6, 6.07) is 6.25. The molecule has 0 spiro atoms. The number of carbonyl (C=O) groups is 3. The van der Waals surface area contributed by atoms with Gasteiger partial charge in [-0.1, -0.05) is 11.6 Å². The van der Waals surface area contributed by atoms with Crippen molar-refractivity contribution in [3.8, 4) is 5.75 Å². The number of likely N-dealkylation sites (tertiary alicyclic amines) is 1. The van der Waals surface area contributed by atoms with E-state index in [4.69, 9.17) is 30.8 Å². The number of anilines is 1. The molecule has 43 heavy (non-hydrogen) atoms. The molecule has 1 atom stereocenters. The fourth-order valence-corrected chi connectivity index (χ4v) is 5.55. The number of aromatic nitrogens is 3. The number of aryl methyl sites for hydroxylation is 1. The predicted molar refractivity (Wildman–Crippen MR) is 161 cm³/mol. The molecule has 0 aliphatic carbocycles. The lowest BCUT2D eigenvalue weighted by molar-refractivity contribution is 0.0238. The molecule has 2 aliphatic heterocycles. The van der Waals surface area contributed by atoms with Gasteiger partial charge in [0, 0.05) is 55.8 Å². The predicted octanol–water partition coefficient (Wildman–Crippen LogP) is 5.44. The van der Waals surface area contributed by atoms with Crippen molar-refractivity contribution in [2.45, 2.75) is 58.6 Å². The van der Waals surface area contributed by atoms with Crippen molar-refractivity contribution in [3.05, 3.63) is 46.7 Å². The molecule has 3 amide bonds. The highest BCUT2D eigenvalue weighted by molar-refractivity contribution is 6.35. The van der Waals surface area contributed by atoms with Crippen molar-refractivity contribution in [2.75, 3.05) is 44.7 Å². The molecule has 0 unspecified atom stereocenters. The van der Waals surface area contributed by atoms with Crippen LogP contribution in [0, 0.1) is 6.92 Å². The largest absolute Gasteiger partial charge is 0.444 e. The van der Waals surface area contributed by atoms with E-state index >= 15 is 0 Å². The molecule has 2 aliphatic rings. The van der Waals surface area contributed by atoms with Gasteiger partial charge in [-0.25, -0.2) is 14.6 Å². The number of benzene rings is 1. The van der Waals surface area contributed by atoms with E-state index in [1.807, 2.05) is 32.3 Å². The first-order valence-electron chi connectivity index (χ1n) is 14.5. The van der Waals surface area contributed by atoms with Crippen LogP contribution in [0.2, 0.25) is 5.02 Å². The maximum Gasteiger partial charge on any atom is 0.415 e. The van der Waals surface area contributed by atoms with Gasteiger partial charge in [0.05, 0.1) is 35.3 Å². The molecule has 2 aromatic heterocycles. The average molecular weight is 613 g/mol. The maximum absolute atomic E-state index is 13.4. The van der Waals surface area contributed by atoms with E-state index in [9.17, 15) is 14.4 Å². The highest BCUT2D eigenvalue weighted by Crippen LogP contribution is 2.37. The number of fused-ring (bicyclic) bond motifs is 1. The first-order chi connectivity index (χ1) is 20.5. The summed E-state index contributed by atoms with van der Waals surface area (Å²) < 4.78 is 18.5. The van der Waals surface area contributed by atoms with Crippen LogP contribution in [0.5, 0.6) is 5.75 Å². The highest BCUT2D eigenvalue weighted by atomic mass is 35.5. The molecule has 5 rings (SSSR count). The summed E-state index contributed by atoms with van der Waals surface area (Å²) in [4.78, 5) is 51.4. The SMILES string of the molecule is Cc1cc(C(=O)Nc2nc3cc(OC(=O)N4CCOCC4)cc(Cl)c3n2[C@@H]2CCCCN(C(=O)OC(C)(C)C)C2)ccn1. The Bertz CT molecular complexity index is 1510. The number of carbonyl (C=O) groups excluding carboxylic acids is 3. The second-order valence-corrected chi connectivity index (χ2v) is 12.2. The summed E-state index contributed by atoms with van der Waals surface area (Å²) in [6.45, 7) is 9.95. The molecular weight excluding hydrogens is 576 g/mol. The van der Waals surface area contributed by atoms with E-state index in [1.165, 1.54) is 0 Å². The van der Waals surface area contributed by atoms with Gasteiger partial charge in [-0.15, -0.1) is 0 Å². The number of morpholine rings is 1. The van der Waals surface area contributed by atoms with Crippen molar-refractivity contribution in [3.63, 3.8) is 0 Å². The van der Waals surface area contributed by atoms with E-state index in [0.717, 1.165) is 12.8 Å². The third-order valence-corrected chi connectivity index (χ3v) is 7.52. The van der Waals surface area contributed by atoms with Crippen LogP contribution in [-0.2, 0) is 9.47 Å². The molecular formula is C30H37ClN6O6. The van der Waals surface area contributed by atoms with Gasteiger partial charge in [0.2, 0.25) is 5.95 Å². The molecule has 12 nitrogen and oxygen atoms in total. The van der Waals surface area contributed by atoms with Gasteiger partial charge in [0.15, 0.2) is 0 Å². The molecule has 4 heterocycles. The Morgan fingerprint density at radius 3 is 2.53 bits per heavy atom. The second-order valence-electron chi connectivity index (χ2n) is 11.8. The van der Waals surface area contributed by atoms with Crippen LogP contribution >= 0.6 is 11.6 Å². The van der Waals surface area contributed by atoms with Gasteiger partial charge in [-0.2, -0.15) is 0 Å². The van der Waals surface area contributed by atoms with Crippen molar-refractivity contribution in [2.24, 2.45) is 0 Å². The average Bonchev–Trinajstić information content (AvgIpc) is 3.13. The zero-order chi connectivity index (χ0) is 30.7. The smallest absolute Gasteiger partial charge is 0.415 e. The van der Waals surface area contributed by atoms with Crippen molar-refractivity contribution >= 4 is 46.7 Å². The zero-order valence-electron chi connectivity index (χ0n) is 24.9. The van der Waals surface area contributed by atoms with Crippen molar-refractivity contribution < 1.29 is 28.6 Å². The molecule has 0 radical (unpaired) electrons. The van der Waals surface area contributed by atoms with E-state index in [1.54, 1.807) is 40.3 Å². The van der Waals surface area contributed by atoms with Crippen LogP contribution in [0.15, 0.2) is 30.5 Å². The lowest BCUT2D eigenvalue weighted by Gasteiger charge is -2.29. The summed E-state index contributed by atoms with van der Waals surface area (Å²) in [5.74, 6) is 0.136. The Morgan fingerprint density at radius 2 is 1.81 bits per heavy atom. The van der Waals surface area contributed by atoms with Crippen LogP contribution in [0.1, 0.15) is 62.1 Å². The van der Waals surface area contributed by atoms with E-state index in [-0.39, 0.29) is 23.6 Å². The van der Waals surface area contributed by atoms with Crippen LogP contribution in [0.4, 0.5) is 15.5 Å². The van der Waals surface area contributed by atoms with Gasteiger partial charge >= 0.3 is 12.2 Å². The standard InChI is InChI=1S/C30H37ClN6O6/c1-19-15-20(8-9-32-19)26(38)34-27-33-24-17-22(42-28(39)35-11-13-41-14-12-35)16-23(31)25(24)37(27)21-7-5-6-10-36(18-21)29(40)43-30(2,3)4/h8-9,15-17,21H,5-7,10-14,18H2,1-4H3,(H,33,34,38)/t21-/m1/s1. The van der Waals surface area contributed by atoms with Crippen LogP contribution < -0.4 is 10.1 Å².